The van der Waals surface area contributed by atoms with Gasteiger partial charge >= 0.3 is 5.97 Å². The van der Waals surface area contributed by atoms with Gasteiger partial charge in [-0.15, -0.1) is 0 Å². The lowest BCUT2D eigenvalue weighted by molar-refractivity contribution is -0.155. The summed E-state index contributed by atoms with van der Waals surface area (Å²) in [7, 11) is 1.97. The average molecular weight is 333 g/mol. The molecule has 1 aliphatic heterocycles. The van der Waals surface area contributed by atoms with Gasteiger partial charge in [0.15, 0.2) is 0 Å². The molecule has 1 aromatic heterocycles. The van der Waals surface area contributed by atoms with Gasteiger partial charge in [-0.1, -0.05) is 0 Å². The van der Waals surface area contributed by atoms with Crippen LogP contribution in [0.4, 0.5) is 5.69 Å². The molecular formula is C18H27N3O3. The third kappa shape index (κ3) is 5.22. The number of nitrogens with zero attached hydrogens (tertiary/aromatic N) is 3. The predicted molar refractivity (Wildman–Crippen MR) is 92.7 cm³/mol. The third-order valence-electron chi connectivity index (χ3n) is 4.30. The Morgan fingerprint density at radius 3 is 2.50 bits per heavy atom. The van der Waals surface area contributed by atoms with Gasteiger partial charge in [-0.05, 0) is 38.8 Å². The van der Waals surface area contributed by atoms with Crippen molar-refractivity contribution in [3.05, 3.63) is 24.5 Å². The number of hydrogen-bond acceptors (Lipinski definition) is 5. The largest absolute Gasteiger partial charge is 0.463 e. The van der Waals surface area contributed by atoms with E-state index in [1.54, 1.807) is 12.4 Å². The van der Waals surface area contributed by atoms with Gasteiger partial charge in [-0.3, -0.25) is 14.6 Å². The van der Waals surface area contributed by atoms with Crippen molar-refractivity contribution in [3.8, 4) is 0 Å². The second kappa shape index (κ2) is 8.66. The average Bonchev–Trinajstić information content (AvgIpc) is 2.59. The summed E-state index contributed by atoms with van der Waals surface area (Å²) in [6.07, 6.45) is 5.26. The van der Waals surface area contributed by atoms with Crippen molar-refractivity contribution in [2.45, 2.75) is 39.2 Å². The number of ether oxygens (including phenoxy) is 1. The summed E-state index contributed by atoms with van der Waals surface area (Å²) in [6, 6.07) is 3.85. The summed E-state index contributed by atoms with van der Waals surface area (Å²) in [5.41, 5.74) is 1.05. The number of esters is 1. The maximum atomic E-state index is 12.4. The highest BCUT2D eigenvalue weighted by Crippen LogP contribution is 2.20. The first-order chi connectivity index (χ1) is 11.5. The van der Waals surface area contributed by atoms with Crippen molar-refractivity contribution < 1.29 is 14.3 Å². The van der Waals surface area contributed by atoms with Gasteiger partial charge in [0.2, 0.25) is 5.91 Å². The van der Waals surface area contributed by atoms with Crippen molar-refractivity contribution in [1.29, 1.82) is 0 Å². The molecule has 132 valence electrons. The van der Waals surface area contributed by atoms with E-state index in [-0.39, 0.29) is 23.9 Å². The first-order valence-electron chi connectivity index (χ1n) is 8.57. The second-order valence-corrected chi connectivity index (χ2v) is 6.52. The van der Waals surface area contributed by atoms with Crippen molar-refractivity contribution in [3.63, 3.8) is 0 Å². The molecule has 1 aromatic rings. The van der Waals surface area contributed by atoms with Crippen LogP contribution in [0.25, 0.3) is 0 Å². The van der Waals surface area contributed by atoms with E-state index in [4.69, 9.17) is 4.74 Å². The molecule has 1 amide bonds. The van der Waals surface area contributed by atoms with E-state index < -0.39 is 0 Å². The van der Waals surface area contributed by atoms with Crippen molar-refractivity contribution in [2.75, 3.05) is 31.6 Å². The van der Waals surface area contributed by atoms with Crippen LogP contribution in [0.3, 0.4) is 0 Å². The second-order valence-electron chi connectivity index (χ2n) is 6.52. The maximum Gasteiger partial charge on any atom is 0.309 e. The molecule has 6 nitrogen and oxygen atoms in total. The van der Waals surface area contributed by atoms with Crippen LogP contribution in [0.5, 0.6) is 0 Å². The molecule has 0 atom stereocenters. The van der Waals surface area contributed by atoms with Gasteiger partial charge in [0, 0.05) is 51.2 Å². The molecule has 1 fully saturated rings. The summed E-state index contributed by atoms with van der Waals surface area (Å²) in [4.78, 5) is 32.2. The Labute approximate surface area is 143 Å². The number of amides is 1. The minimum absolute atomic E-state index is 0.0732. The Morgan fingerprint density at radius 2 is 1.92 bits per heavy atom. The SMILES string of the molecule is CC(C)OC(=O)C1CCN(C(=O)CCN(C)c2ccncc2)CC1. The minimum atomic E-state index is -0.130. The molecule has 24 heavy (non-hydrogen) atoms. The number of hydrogen-bond donors (Lipinski definition) is 0. The number of likely N-dealkylation sites (tertiary alicyclic amines) is 1. The zero-order chi connectivity index (χ0) is 17.5. The Hall–Kier alpha value is -2.11. The first kappa shape index (κ1) is 18.2. The number of pyridine rings is 1. The molecule has 0 spiro atoms. The standard InChI is InChI=1S/C18H27N3O3/c1-14(2)24-18(23)15-6-12-21(13-7-15)17(22)8-11-20(3)16-4-9-19-10-5-16/h4-5,9-10,14-15H,6-8,11-13H2,1-3H3. The summed E-state index contributed by atoms with van der Waals surface area (Å²) >= 11 is 0. The highest BCUT2D eigenvalue weighted by atomic mass is 16.5. The molecule has 0 aliphatic carbocycles. The lowest BCUT2D eigenvalue weighted by atomic mass is 9.96. The zero-order valence-electron chi connectivity index (χ0n) is 14.8. The monoisotopic (exact) mass is 333 g/mol. The summed E-state index contributed by atoms with van der Waals surface area (Å²) < 4.78 is 5.26. The molecule has 2 rings (SSSR count). The smallest absolute Gasteiger partial charge is 0.309 e. The number of anilines is 1. The molecule has 1 aliphatic rings. The van der Waals surface area contributed by atoms with E-state index in [2.05, 4.69) is 4.98 Å². The highest BCUT2D eigenvalue weighted by Gasteiger charge is 2.28. The van der Waals surface area contributed by atoms with Gasteiger partial charge in [0.1, 0.15) is 0 Å². The van der Waals surface area contributed by atoms with Crippen LogP contribution in [-0.4, -0.2) is 54.5 Å². The number of rotatable bonds is 6. The number of aromatic nitrogens is 1. The number of carbonyl (C=O) groups is 2. The van der Waals surface area contributed by atoms with Gasteiger partial charge < -0.3 is 14.5 Å². The molecule has 1 saturated heterocycles. The quantitative estimate of drug-likeness (QED) is 0.746. The van der Waals surface area contributed by atoms with Gasteiger partial charge in [0.05, 0.1) is 12.0 Å². The predicted octanol–water partition coefficient (Wildman–Crippen LogP) is 2.10. The first-order valence-corrected chi connectivity index (χ1v) is 8.57. The lowest BCUT2D eigenvalue weighted by Crippen LogP contribution is -2.41. The topological polar surface area (TPSA) is 62.7 Å². The number of piperidine rings is 1. The van der Waals surface area contributed by atoms with Crippen LogP contribution >= 0.6 is 0 Å². The lowest BCUT2D eigenvalue weighted by Gasteiger charge is -2.32. The summed E-state index contributed by atoms with van der Waals surface area (Å²) in [5, 5.41) is 0. The molecular weight excluding hydrogens is 306 g/mol. The summed E-state index contributed by atoms with van der Waals surface area (Å²) in [6.45, 7) is 5.65. The van der Waals surface area contributed by atoms with E-state index in [1.165, 1.54) is 0 Å². The third-order valence-corrected chi connectivity index (χ3v) is 4.30. The molecule has 0 N–H and O–H groups in total. The number of carbonyl (C=O) groups excluding carboxylic acids is 2. The molecule has 0 bridgehead atoms. The molecule has 0 unspecified atom stereocenters. The molecule has 0 radical (unpaired) electrons. The van der Waals surface area contributed by atoms with Crippen LogP contribution in [0.2, 0.25) is 0 Å². The van der Waals surface area contributed by atoms with Crippen LogP contribution < -0.4 is 4.90 Å². The van der Waals surface area contributed by atoms with Crippen molar-refractivity contribution in [1.82, 2.24) is 9.88 Å². The van der Waals surface area contributed by atoms with Gasteiger partial charge in [-0.25, -0.2) is 0 Å². The highest BCUT2D eigenvalue weighted by molar-refractivity contribution is 5.78. The molecule has 6 heteroatoms. The fourth-order valence-corrected chi connectivity index (χ4v) is 2.84. The van der Waals surface area contributed by atoms with E-state index in [0.29, 0.717) is 38.9 Å². The van der Waals surface area contributed by atoms with Crippen molar-refractivity contribution >= 4 is 17.6 Å². The van der Waals surface area contributed by atoms with Gasteiger partial charge in [0.25, 0.3) is 0 Å². The van der Waals surface area contributed by atoms with E-state index in [0.717, 1.165) is 5.69 Å². The fourth-order valence-electron chi connectivity index (χ4n) is 2.84. The molecule has 0 aromatic carbocycles. The summed E-state index contributed by atoms with van der Waals surface area (Å²) in [5.74, 6) is -0.0583. The zero-order valence-corrected chi connectivity index (χ0v) is 14.8. The molecule has 0 saturated carbocycles. The normalized spacial score (nSPS) is 15.4. The minimum Gasteiger partial charge on any atom is -0.463 e. The fraction of sp³-hybridized carbons (Fsp3) is 0.611. The molecule has 2 heterocycles. The van der Waals surface area contributed by atoms with E-state index >= 15 is 0 Å². The Bertz CT molecular complexity index is 540. The van der Waals surface area contributed by atoms with Crippen LogP contribution in [0.1, 0.15) is 33.1 Å². The van der Waals surface area contributed by atoms with Crippen molar-refractivity contribution in [2.24, 2.45) is 5.92 Å². The maximum absolute atomic E-state index is 12.4. The van der Waals surface area contributed by atoms with Gasteiger partial charge in [-0.2, -0.15) is 0 Å². The van der Waals surface area contributed by atoms with E-state index in [1.807, 2.05) is 42.8 Å². The van der Waals surface area contributed by atoms with Crippen LogP contribution in [0, 0.1) is 5.92 Å². The Kier molecular flexibility index (Phi) is 6.58. The Balaban J connectivity index is 1.74. The Morgan fingerprint density at radius 1 is 1.29 bits per heavy atom. The van der Waals surface area contributed by atoms with E-state index in [9.17, 15) is 9.59 Å². The van der Waals surface area contributed by atoms with Crippen LogP contribution in [-0.2, 0) is 14.3 Å². The van der Waals surface area contributed by atoms with Crippen LogP contribution in [0.15, 0.2) is 24.5 Å².